The number of aryl methyl sites for hydroxylation is 3. The Hall–Kier alpha value is -4.04. The molecule has 8 heteroatoms. The van der Waals surface area contributed by atoms with Gasteiger partial charge in [-0.2, -0.15) is 4.99 Å². The Bertz CT molecular complexity index is 1570. The van der Waals surface area contributed by atoms with Gasteiger partial charge in [0.2, 0.25) is 11.8 Å². The first-order chi connectivity index (χ1) is 18.9. The van der Waals surface area contributed by atoms with Gasteiger partial charge in [0.05, 0.1) is 17.1 Å². The fraction of sp³-hybridized carbons (Fsp3) is 0.258. The summed E-state index contributed by atoms with van der Waals surface area (Å²) in [6.45, 7) is 6.01. The molecule has 3 aromatic carbocycles. The summed E-state index contributed by atoms with van der Waals surface area (Å²) in [7, 11) is 0. The lowest BCUT2D eigenvalue weighted by Crippen LogP contribution is -2.31. The number of rotatable bonds is 6. The predicted molar refractivity (Wildman–Crippen MR) is 155 cm³/mol. The van der Waals surface area contributed by atoms with Crippen LogP contribution in [0, 0.1) is 26.7 Å². The number of amides is 2. The lowest BCUT2D eigenvalue weighted by molar-refractivity contribution is -0.118. The van der Waals surface area contributed by atoms with Crippen molar-refractivity contribution in [2.45, 2.75) is 39.5 Å². The number of hydrogen-bond acceptors (Lipinski definition) is 5. The molecule has 7 nitrogen and oxygen atoms in total. The molecule has 196 valence electrons. The second-order valence-corrected chi connectivity index (χ2v) is 11.3. The first-order valence-corrected chi connectivity index (χ1v) is 14.1. The molecular weight excluding hydrogens is 506 g/mol. The highest BCUT2D eigenvalue weighted by molar-refractivity contribution is 8.15. The Morgan fingerprint density at radius 3 is 2.44 bits per heavy atom. The van der Waals surface area contributed by atoms with Crippen molar-refractivity contribution in [2.24, 2.45) is 10.9 Å². The Morgan fingerprint density at radius 2 is 1.72 bits per heavy atom. The van der Waals surface area contributed by atoms with Gasteiger partial charge in [-0.25, -0.2) is 9.67 Å². The molecule has 39 heavy (non-hydrogen) atoms. The molecule has 2 amide bonds. The molecule has 1 aromatic heterocycles. The zero-order valence-corrected chi connectivity index (χ0v) is 23.0. The average molecular weight is 536 g/mol. The number of anilines is 1. The molecule has 1 saturated heterocycles. The number of para-hydroxylation sites is 1. The van der Waals surface area contributed by atoms with Crippen molar-refractivity contribution >= 4 is 34.4 Å². The number of thioether (sulfide) groups is 1. The summed E-state index contributed by atoms with van der Waals surface area (Å²) in [6.07, 6.45) is 3.08. The smallest absolute Gasteiger partial charge is 0.248 e. The van der Waals surface area contributed by atoms with Gasteiger partial charge in [0, 0.05) is 12.0 Å². The fourth-order valence-electron chi connectivity index (χ4n) is 5.18. The minimum absolute atomic E-state index is 0.0356. The number of amidine groups is 1. The van der Waals surface area contributed by atoms with Gasteiger partial charge in [0.1, 0.15) is 6.33 Å². The molecule has 1 aliphatic heterocycles. The van der Waals surface area contributed by atoms with Crippen molar-refractivity contribution in [3.63, 3.8) is 0 Å². The lowest BCUT2D eigenvalue weighted by Gasteiger charge is -2.20. The zero-order valence-electron chi connectivity index (χ0n) is 22.2. The highest BCUT2D eigenvalue weighted by Gasteiger charge is 2.40. The summed E-state index contributed by atoms with van der Waals surface area (Å²) >= 11 is 1.34. The number of hydrogen-bond donors (Lipinski definition) is 0. The van der Waals surface area contributed by atoms with Crippen LogP contribution in [-0.4, -0.2) is 37.5 Å². The van der Waals surface area contributed by atoms with E-state index in [2.05, 4.69) is 46.3 Å². The molecule has 0 bridgehead atoms. The highest BCUT2D eigenvalue weighted by Crippen LogP contribution is 2.50. The summed E-state index contributed by atoms with van der Waals surface area (Å²) in [6, 6.07) is 22.4. The van der Waals surface area contributed by atoms with Crippen molar-refractivity contribution in [3.05, 3.63) is 95.3 Å². The van der Waals surface area contributed by atoms with E-state index < -0.39 is 0 Å². The molecule has 1 aliphatic carbocycles. The van der Waals surface area contributed by atoms with Crippen molar-refractivity contribution in [1.29, 1.82) is 0 Å². The molecule has 2 unspecified atom stereocenters. The van der Waals surface area contributed by atoms with Gasteiger partial charge in [-0.3, -0.25) is 14.5 Å². The molecule has 6 rings (SSSR count). The van der Waals surface area contributed by atoms with Gasteiger partial charge in [0.25, 0.3) is 0 Å². The van der Waals surface area contributed by atoms with Crippen LogP contribution < -0.4 is 4.90 Å². The van der Waals surface area contributed by atoms with E-state index in [1.165, 1.54) is 22.9 Å². The summed E-state index contributed by atoms with van der Waals surface area (Å²) < 4.78 is 1.78. The lowest BCUT2D eigenvalue weighted by atomic mass is 10.1. The van der Waals surface area contributed by atoms with Crippen LogP contribution in [0.2, 0.25) is 0 Å². The van der Waals surface area contributed by atoms with Crippen LogP contribution in [0.1, 0.15) is 41.0 Å². The first kappa shape index (κ1) is 25.2. The third-order valence-electron chi connectivity index (χ3n) is 7.40. The van der Waals surface area contributed by atoms with Gasteiger partial charge in [-0.1, -0.05) is 71.9 Å². The van der Waals surface area contributed by atoms with E-state index >= 15 is 0 Å². The third-order valence-corrected chi connectivity index (χ3v) is 8.32. The first-order valence-electron chi connectivity index (χ1n) is 13.1. The van der Waals surface area contributed by atoms with E-state index in [-0.39, 0.29) is 17.7 Å². The van der Waals surface area contributed by atoms with Gasteiger partial charge in [-0.15, -0.1) is 5.10 Å². The molecule has 2 heterocycles. The second kappa shape index (κ2) is 10.3. The van der Waals surface area contributed by atoms with Crippen LogP contribution in [0.3, 0.4) is 0 Å². The van der Waals surface area contributed by atoms with Crippen LogP contribution in [0.15, 0.2) is 78.0 Å². The summed E-state index contributed by atoms with van der Waals surface area (Å²) in [4.78, 5) is 36.0. The van der Waals surface area contributed by atoms with Crippen molar-refractivity contribution < 1.29 is 9.59 Å². The molecule has 1 saturated carbocycles. The summed E-state index contributed by atoms with van der Waals surface area (Å²) in [5, 5.41) is 5.12. The third kappa shape index (κ3) is 5.16. The van der Waals surface area contributed by atoms with Gasteiger partial charge in [-0.05, 0) is 67.9 Å². The highest BCUT2D eigenvalue weighted by atomic mass is 32.2. The van der Waals surface area contributed by atoms with Crippen molar-refractivity contribution in [3.8, 4) is 17.1 Å². The number of carbonyl (C=O) groups excluding carboxylic acids is 2. The zero-order chi connectivity index (χ0) is 27.1. The van der Waals surface area contributed by atoms with Crippen molar-refractivity contribution in [1.82, 2.24) is 14.8 Å². The SMILES string of the molecule is Cc1ccc(-n2cnc(-c3ccc(C4CC4CC(=O)N=C4SCC(=O)N4c4c(C)cccc4C)cc3)n2)cc1. The van der Waals surface area contributed by atoms with E-state index in [0.717, 1.165) is 34.5 Å². The topological polar surface area (TPSA) is 80.4 Å². The number of nitrogens with zero attached hydrogens (tertiary/aromatic N) is 5. The molecule has 2 atom stereocenters. The number of benzene rings is 3. The number of aromatic nitrogens is 3. The van der Waals surface area contributed by atoms with Crippen LogP contribution in [0.5, 0.6) is 0 Å². The van der Waals surface area contributed by atoms with Gasteiger partial charge >= 0.3 is 0 Å². The molecule has 2 aliphatic rings. The Kier molecular flexibility index (Phi) is 6.64. The van der Waals surface area contributed by atoms with Crippen LogP contribution >= 0.6 is 11.8 Å². The Morgan fingerprint density at radius 1 is 1.00 bits per heavy atom. The van der Waals surface area contributed by atoms with E-state index in [0.29, 0.717) is 29.1 Å². The van der Waals surface area contributed by atoms with E-state index in [1.807, 2.05) is 56.3 Å². The maximum Gasteiger partial charge on any atom is 0.248 e. The quantitative estimate of drug-likeness (QED) is 0.302. The average Bonchev–Trinajstić information content (AvgIpc) is 3.33. The van der Waals surface area contributed by atoms with Crippen LogP contribution in [0.25, 0.3) is 17.1 Å². The van der Waals surface area contributed by atoms with Crippen LogP contribution in [-0.2, 0) is 9.59 Å². The van der Waals surface area contributed by atoms with E-state index in [9.17, 15) is 9.59 Å². The normalized spacial score (nSPS) is 19.6. The van der Waals surface area contributed by atoms with Crippen LogP contribution in [0.4, 0.5) is 5.69 Å². The predicted octanol–water partition coefficient (Wildman–Crippen LogP) is 6.02. The molecule has 4 aromatic rings. The maximum absolute atomic E-state index is 12.9. The monoisotopic (exact) mass is 535 g/mol. The van der Waals surface area contributed by atoms with E-state index in [4.69, 9.17) is 0 Å². The minimum atomic E-state index is -0.168. The molecule has 0 radical (unpaired) electrons. The van der Waals surface area contributed by atoms with Gasteiger partial charge < -0.3 is 0 Å². The standard InChI is InChI=1S/C31H29N5O2S/c1-19-7-13-25(14-8-19)35-18-32-30(34-35)23-11-9-22(10-12-23)26-15-24(26)16-27(37)33-31-36(28(38)17-39-31)29-20(2)5-4-6-21(29)3/h4-14,18,24,26H,15-17H2,1-3H3. The maximum atomic E-state index is 12.9. The molecule has 0 spiro atoms. The van der Waals surface area contributed by atoms with E-state index in [1.54, 1.807) is 15.9 Å². The number of aliphatic imine (C=N–C) groups is 1. The molecule has 0 N–H and O–H groups in total. The Balaban J connectivity index is 1.10. The van der Waals surface area contributed by atoms with Crippen molar-refractivity contribution in [2.75, 3.05) is 10.7 Å². The number of carbonyl (C=O) groups is 2. The minimum Gasteiger partial charge on any atom is -0.273 e. The molecule has 2 fully saturated rings. The summed E-state index contributed by atoms with van der Waals surface area (Å²) in [5.41, 5.74) is 7.17. The second-order valence-electron chi connectivity index (χ2n) is 10.3. The fourth-order valence-corrected chi connectivity index (χ4v) is 6.05. The largest absolute Gasteiger partial charge is 0.273 e. The summed E-state index contributed by atoms with van der Waals surface area (Å²) in [5.74, 6) is 1.38. The Labute approximate surface area is 232 Å². The molecular formula is C31H29N5O2S. The van der Waals surface area contributed by atoms with Gasteiger partial charge in [0.15, 0.2) is 11.0 Å².